The van der Waals surface area contributed by atoms with Gasteiger partial charge in [-0.25, -0.2) is 9.48 Å². The second kappa shape index (κ2) is 7.33. The Kier molecular flexibility index (Phi) is 4.97. The molecule has 1 aliphatic heterocycles. The fourth-order valence-electron chi connectivity index (χ4n) is 2.64. The van der Waals surface area contributed by atoms with Crippen LogP contribution < -0.4 is 5.32 Å². The van der Waals surface area contributed by atoms with Crippen molar-refractivity contribution in [1.82, 2.24) is 30.1 Å². The first-order chi connectivity index (χ1) is 12.0. The molecule has 1 fully saturated rings. The Bertz CT molecular complexity index is 737. The van der Waals surface area contributed by atoms with E-state index in [1.54, 1.807) is 29.9 Å². The van der Waals surface area contributed by atoms with Gasteiger partial charge in [0, 0.05) is 33.7 Å². The summed E-state index contributed by atoms with van der Waals surface area (Å²) in [5.41, 5.74) is 1.51. The third kappa shape index (κ3) is 3.96. The highest BCUT2D eigenvalue weighted by molar-refractivity contribution is 5.91. The maximum atomic E-state index is 12.1. The van der Waals surface area contributed by atoms with E-state index in [1.807, 2.05) is 30.3 Å². The van der Waals surface area contributed by atoms with Gasteiger partial charge in [-0.3, -0.25) is 4.79 Å². The van der Waals surface area contributed by atoms with Gasteiger partial charge in [0.05, 0.1) is 12.2 Å². The molecule has 0 saturated carbocycles. The first-order valence-electron chi connectivity index (χ1n) is 8.25. The number of carbonyl (C=O) groups excluding carboxylic acids is 2. The quantitative estimate of drug-likeness (QED) is 0.871. The van der Waals surface area contributed by atoms with E-state index in [0.29, 0.717) is 25.3 Å². The lowest BCUT2D eigenvalue weighted by atomic mass is 10.1. The molecule has 3 rings (SSSR count). The van der Waals surface area contributed by atoms with Crippen molar-refractivity contribution in [1.29, 1.82) is 0 Å². The molecule has 25 heavy (non-hydrogen) atoms. The molecule has 8 nitrogen and oxygen atoms in total. The van der Waals surface area contributed by atoms with Crippen molar-refractivity contribution in [3.63, 3.8) is 0 Å². The Balaban J connectivity index is 1.43. The minimum absolute atomic E-state index is 0.0658. The Hall–Kier alpha value is -2.90. The summed E-state index contributed by atoms with van der Waals surface area (Å²) in [4.78, 5) is 27.1. The molecule has 0 aliphatic carbocycles. The number of urea groups is 1. The lowest BCUT2D eigenvalue weighted by molar-refractivity contribution is 0.0821. The van der Waals surface area contributed by atoms with Crippen molar-refractivity contribution in [2.45, 2.75) is 12.5 Å². The largest absolute Gasteiger partial charge is 0.343 e. The smallest absolute Gasteiger partial charge is 0.317 e. The summed E-state index contributed by atoms with van der Waals surface area (Å²) in [7, 11) is 3.35. The van der Waals surface area contributed by atoms with Crippen LogP contribution in [0, 0.1) is 0 Å². The summed E-state index contributed by atoms with van der Waals surface area (Å²) in [6, 6.07) is 10.0. The molecule has 0 spiro atoms. The molecule has 8 heteroatoms. The van der Waals surface area contributed by atoms with Gasteiger partial charge in [-0.2, -0.15) is 0 Å². The number of rotatable bonds is 5. The Morgan fingerprint density at radius 3 is 2.64 bits per heavy atom. The summed E-state index contributed by atoms with van der Waals surface area (Å²) in [6.07, 6.45) is 2.45. The summed E-state index contributed by atoms with van der Waals surface area (Å²) in [5, 5.41) is 10.8. The Morgan fingerprint density at radius 1 is 1.24 bits per heavy atom. The SMILES string of the molecule is CN(C)C(=O)c1cn(C2CN(C(=O)NCCc3ccccc3)C2)nn1. The molecule has 3 amide bonds. The zero-order chi connectivity index (χ0) is 17.8. The molecule has 2 heterocycles. The highest BCUT2D eigenvalue weighted by atomic mass is 16.2. The molecule has 0 unspecified atom stereocenters. The van der Waals surface area contributed by atoms with Crippen molar-refractivity contribution < 1.29 is 9.59 Å². The van der Waals surface area contributed by atoms with E-state index in [4.69, 9.17) is 0 Å². The predicted octanol–water partition coefficient (Wildman–Crippen LogP) is 0.789. The van der Waals surface area contributed by atoms with Crippen LogP contribution in [0.25, 0.3) is 0 Å². The van der Waals surface area contributed by atoms with E-state index in [0.717, 1.165) is 6.42 Å². The second-order valence-corrected chi connectivity index (χ2v) is 6.31. The lowest BCUT2D eigenvalue weighted by Gasteiger charge is -2.38. The van der Waals surface area contributed by atoms with Crippen LogP contribution in [0.5, 0.6) is 0 Å². The summed E-state index contributed by atoms with van der Waals surface area (Å²) in [6.45, 7) is 1.74. The van der Waals surface area contributed by atoms with Crippen LogP contribution >= 0.6 is 0 Å². The molecular formula is C17H22N6O2. The van der Waals surface area contributed by atoms with Gasteiger partial charge in [0.25, 0.3) is 5.91 Å². The average Bonchev–Trinajstić information content (AvgIpc) is 3.03. The third-order valence-corrected chi connectivity index (χ3v) is 4.19. The number of nitrogens with one attached hydrogen (secondary N) is 1. The van der Waals surface area contributed by atoms with Crippen LogP contribution in [0.4, 0.5) is 4.79 Å². The van der Waals surface area contributed by atoms with Crippen molar-refractivity contribution in [3.05, 3.63) is 47.8 Å². The first-order valence-corrected chi connectivity index (χ1v) is 8.25. The normalized spacial score (nSPS) is 14.1. The van der Waals surface area contributed by atoms with E-state index >= 15 is 0 Å². The van der Waals surface area contributed by atoms with E-state index < -0.39 is 0 Å². The van der Waals surface area contributed by atoms with Crippen molar-refractivity contribution >= 4 is 11.9 Å². The van der Waals surface area contributed by atoms with Gasteiger partial charge in [-0.1, -0.05) is 35.5 Å². The highest BCUT2D eigenvalue weighted by Gasteiger charge is 2.33. The van der Waals surface area contributed by atoms with E-state index in [9.17, 15) is 9.59 Å². The summed E-state index contributed by atoms with van der Waals surface area (Å²) in [5.74, 6) is -0.180. The van der Waals surface area contributed by atoms with Crippen LogP contribution in [0.2, 0.25) is 0 Å². The molecule has 1 saturated heterocycles. The van der Waals surface area contributed by atoms with Crippen LogP contribution in [0.15, 0.2) is 36.5 Å². The molecule has 0 atom stereocenters. The van der Waals surface area contributed by atoms with E-state index in [1.165, 1.54) is 10.5 Å². The minimum Gasteiger partial charge on any atom is -0.343 e. The van der Waals surface area contributed by atoms with Crippen LogP contribution in [-0.4, -0.2) is 70.5 Å². The number of carbonyl (C=O) groups is 2. The number of amides is 3. The van der Waals surface area contributed by atoms with Gasteiger partial charge in [0.2, 0.25) is 0 Å². The maximum absolute atomic E-state index is 12.1. The zero-order valence-electron chi connectivity index (χ0n) is 14.4. The molecule has 0 bridgehead atoms. The lowest BCUT2D eigenvalue weighted by Crippen LogP contribution is -2.54. The predicted molar refractivity (Wildman–Crippen MR) is 92.2 cm³/mol. The fraction of sp³-hybridized carbons (Fsp3) is 0.412. The molecule has 0 radical (unpaired) electrons. The van der Waals surface area contributed by atoms with Gasteiger partial charge in [-0.15, -0.1) is 5.10 Å². The number of nitrogens with zero attached hydrogens (tertiary/aromatic N) is 5. The number of likely N-dealkylation sites (tertiary alicyclic amines) is 1. The Morgan fingerprint density at radius 2 is 1.96 bits per heavy atom. The van der Waals surface area contributed by atoms with Gasteiger partial charge in [0.15, 0.2) is 5.69 Å². The van der Waals surface area contributed by atoms with Crippen LogP contribution in [0.1, 0.15) is 22.1 Å². The van der Waals surface area contributed by atoms with Crippen molar-refractivity contribution in [2.24, 2.45) is 0 Å². The van der Waals surface area contributed by atoms with Crippen LogP contribution in [0.3, 0.4) is 0 Å². The number of benzene rings is 1. The molecule has 132 valence electrons. The molecule has 2 aromatic rings. The van der Waals surface area contributed by atoms with Gasteiger partial charge < -0.3 is 15.1 Å². The topological polar surface area (TPSA) is 83.4 Å². The summed E-state index contributed by atoms with van der Waals surface area (Å²) < 4.78 is 1.66. The van der Waals surface area contributed by atoms with Gasteiger partial charge in [0.1, 0.15) is 0 Å². The zero-order valence-corrected chi connectivity index (χ0v) is 14.4. The average molecular weight is 342 g/mol. The minimum atomic E-state index is -0.180. The molecule has 1 aromatic carbocycles. The third-order valence-electron chi connectivity index (χ3n) is 4.19. The van der Waals surface area contributed by atoms with Crippen molar-refractivity contribution in [3.8, 4) is 0 Å². The standard InChI is InChI=1S/C17H22N6O2/c1-21(2)16(24)15-12-23(20-19-15)14-10-22(11-14)17(25)18-9-8-13-6-4-3-5-7-13/h3-7,12,14H,8-11H2,1-2H3,(H,18,25). The second-order valence-electron chi connectivity index (χ2n) is 6.31. The number of aromatic nitrogens is 3. The van der Waals surface area contributed by atoms with Gasteiger partial charge in [-0.05, 0) is 12.0 Å². The fourth-order valence-corrected chi connectivity index (χ4v) is 2.64. The molecule has 1 aliphatic rings. The highest BCUT2D eigenvalue weighted by Crippen LogP contribution is 2.20. The van der Waals surface area contributed by atoms with Crippen LogP contribution in [-0.2, 0) is 6.42 Å². The number of hydrogen-bond donors (Lipinski definition) is 1. The van der Waals surface area contributed by atoms with Crippen molar-refractivity contribution in [2.75, 3.05) is 33.7 Å². The molecular weight excluding hydrogens is 320 g/mol. The number of hydrogen-bond acceptors (Lipinski definition) is 4. The summed E-state index contributed by atoms with van der Waals surface area (Å²) >= 11 is 0. The van der Waals surface area contributed by atoms with E-state index in [-0.39, 0.29) is 18.0 Å². The van der Waals surface area contributed by atoms with E-state index in [2.05, 4.69) is 15.6 Å². The monoisotopic (exact) mass is 342 g/mol. The molecule has 1 N–H and O–H groups in total. The first kappa shape index (κ1) is 16.9. The maximum Gasteiger partial charge on any atom is 0.317 e. The molecule has 1 aromatic heterocycles. The van der Waals surface area contributed by atoms with Gasteiger partial charge >= 0.3 is 6.03 Å². The Labute approximate surface area is 146 Å².